The number of methoxy groups -OCH3 is 2. The summed E-state index contributed by atoms with van der Waals surface area (Å²) in [6.45, 7) is 2.84. The molecule has 1 aliphatic rings. The van der Waals surface area contributed by atoms with E-state index < -0.39 is 10.0 Å². The molecule has 1 saturated heterocycles. The lowest BCUT2D eigenvalue weighted by Crippen LogP contribution is -2.33. The molecule has 118 valence electrons. The van der Waals surface area contributed by atoms with Crippen LogP contribution in [0.25, 0.3) is 0 Å². The number of hydrogen-bond donors (Lipinski definition) is 1. The Hall–Kier alpha value is -1.31. The van der Waals surface area contributed by atoms with Gasteiger partial charge in [-0.1, -0.05) is 0 Å². The summed E-state index contributed by atoms with van der Waals surface area (Å²) in [5.74, 6) is 0.994. The average molecular weight is 314 g/mol. The van der Waals surface area contributed by atoms with Gasteiger partial charge in [-0.15, -0.1) is 0 Å². The first-order chi connectivity index (χ1) is 9.90. The zero-order valence-corrected chi connectivity index (χ0v) is 13.4. The Morgan fingerprint density at radius 2 is 2.05 bits per heavy atom. The summed E-state index contributed by atoms with van der Waals surface area (Å²) in [6, 6.07) is 4.75. The first-order valence-electron chi connectivity index (χ1n) is 6.88. The van der Waals surface area contributed by atoms with Gasteiger partial charge in [0.15, 0.2) is 0 Å². The first kappa shape index (κ1) is 16.1. The molecule has 0 saturated carbocycles. The first-order valence-corrected chi connectivity index (χ1v) is 8.32. The van der Waals surface area contributed by atoms with Gasteiger partial charge in [-0.2, -0.15) is 4.31 Å². The predicted molar refractivity (Wildman–Crippen MR) is 80.1 cm³/mol. The molecule has 21 heavy (non-hydrogen) atoms. The lowest BCUT2D eigenvalue weighted by Gasteiger charge is -2.20. The second kappa shape index (κ2) is 6.21. The van der Waals surface area contributed by atoms with Crippen molar-refractivity contribution in [3.63, 3.8) is 0 Å². The summed E-state index contributed by atoms with van der Waals surface area (Å²) in [6.07, 6.45) is 0.781. The minimum absolute atomic E-state index is 0.0163. The molecule has 0 radical (unpaired) electrons. The predicted octanol–water partition coefficient (Wildman–Crippen LogP) is 1.06. The Balaban J connectivity index is 2.36. The normalized spacial score (nSPS) is 21.2. The van der Waals surface area contributed by atoms with Crippen LogP contribution in [0.1, 0.15) is 13.3 Å². The van der Waals surface area contributed by atoms with Crippen LogP contribution in [0, 0.1) is 5.92 Å². The third kappa shape index (κ3) is 3.14. The minimum Gasteiger partial charge on any atom is -0.497 e. The number of nitrogens with zero attached hydrogens (tertiary/aromatic N) is 1. The van der Waals surface area contributed by atoms with Gasteiger partial charge in [-0.25, -0.2) is 8.42 Å². The second-order valence-corrected chi connectivity index (χ2v) is 7.19. The van der Waals surface area contributed by atoms with E-state index in [0.29, 0.717) is 24.6 Å². The maximum absolute atomic E-state index is 12.8. The van der Waals surface area contributed by atoms with Gasteiger partial charge < -0.3 is 15.2 Å². The molecule has 1 aliphatic heterocycles. The smallest absolute Gasteiger partial charge is 0.246 e. The quantitative estimate of drug-likeness (QED) is 0.879. The maximum Gasteiger partial charge on any atom is 0.246 e. The summed E-state index contributed by atoms with van der Waals surface area (Å²) in [5.41, 5.74) is 5.88. The fourth-order valence-corrected chi connectivity index (χ4v) is 4.21. The molecular weight excluding hydrogens is 292 g/mol. The van der Waals surface area contributed by atoms with Crippen molar-refractivity contribution in [2.45, 2.75) is 24.3 Å². The topological polar surface area (TPSA) is 81.9 Å². The molecule has 0 aliphatic carbocycles. The maximum atomic E-state index is 12.8. The molecule has 1 aromatic carbocycles. The Morgan fingerprint density at radius 1 is 1.33 bits per heavy atom. The van der Waals surface area contributed by atoms with Crippen LogP contribution in [-0.2, 0) is 10.0 Å². The fourth-order valence-electron chi connectivity index (χ4n) is 2.53. The molecule has 0 aromatic heterocycles. The highest BCUT2D eigenvalue weighted by Gasteiger charge is 2.35. The Kier molecular flexibility index (Phi) is 4.75. The van der Waals surface area contributed by atoms with Crippen molar-refractivity contribution in [2.24, 2.45) is 11.7 Å². The number of rotatable bonds is 5. The average Bonchev–Trinajstić information content (AvgIpc) is 2.97. The van der Waals surface area contributed by atoms with E-state index in [1.54, 1.807) is 12.1 Å². The van der Waals surface area contributed by atoms with Crippen molar-refractivity contribution in [1.29, 1.82) is 0 Å². The summed E-state index contributed by atoms with van der Waals surface area (Å²) < 4.78 is 37.4. The molecule has 1 fully saturated rings. The summed E-state index contributed by atoms with van der Waals surface area (Å²) in [7, 11) is -0.654. The third-order valence-electron chi connectivity index (χ3n) is 3.92. The molecule has 6 nitrogen and oxygen atoms in total. The van der Waals surface area contributed by atoms with Gasteiger partial charge in [-0.05, 0) is 31.4 Å². The van der Waals surface area contributed by atoms with Gasteiger partial charge in [0, 0.05) is 25.2 Å². The third-order valence-corrected chi connectivity index (χ3v) is 5.81. The van der Waals surface area contributed by atoms with Crippen molar-refractivity contribution in [3.8, 4) is 11.5 Å². The second-order valence-electron chi connectivity index (χ2n) is 5.29. The Morgan fingerprint density at radius 3 is 2.57 bits per heavy atom. The molecular formula is C14H22N2O4S. The van der Waals surface area contributed by atoms with Crippen molar-refractivity contribution < 1.29 is 17.9 Å². The van der Waals surface area contributed by atoms with Crippen molar-refractivity contribution in [1.82, 2.24) is 4.31 Å². The minimum atomic E-state index is -3.61. The molecule has 0 amide bonds. The highest BCUT2D eigenvalue weighted by molar-refractivity contribution is 7.89. The molecule has 2 atom stereocenters. The van der Waals surface area contributed by atoms with Crippen molar-refractivity contribution in [2.75, 3.05) is 27.3 Å². The monoisotopic (exact) mass is 314 g/mol. The van der Waals surface area contributed by atoms with Crippen molar-refractivity contribution in [3.05, 3.63) is 18.2 Å². The highest BCUT2D eigenvalue weighted by atomic mass is 32.2. The molecule has 0 bridgehead atoms. The zero-order chi connectivity index (χ0) is 15.6. The molecule has 1 heterocycles. The van der Waals surface area contributed by atoms with E-state index >= 15 is 0 Å². The number of hydrogen-bond acceptors (Lipinski definition) is 5. The van der Waals surface area contributed by atoms with Crippen LogP contribution in [0.2, 0.25) is 0 Å². The van der Waals surface area contributed by atoms with E-state index in [9.17, 15) is 8.42 Å². The Bertz CT molecular complexity index is 601. The van der Waals surface area contributed by atoms with Gasteiger partial charge in [0.05, 0.1) is 14.2 Å². The Labute approximate surface area is 125 Å². The van der Waals surface area contributed by atoms with E-state index in [1.807, 2.05) is 6.92 Å². The van der Waals surface area contributed by atoms with Crippen LogP contribution in [0.15, 0.2) is 23.1 Å². The van der Waals surface area contributed by atoms with Crippen LogP contribution in [0.4, 0.5) is 0 Å². The van der Waals surface area contributed by atoms with Crippen LogP contribution in [0.3, 0.4) is 0 Å². The van der Waals surface area contributed by atoms with Gasteiger partial charge >= 0.3 is 0 Å². The summed E-state index contributed by atoms with van der Waals surface area (Å²) in [4.78, 5) is 0.134. The van der Waals surface area contributed by atoms with E-state index in [2.05, 4.69) is 0 Å². The lowest BCUT2D eigenvalue weighted by molar-refractivity contribution is 0.386. The number of benzene rings is 1. The van der Waals surface area contributed by atoms with E-state index in [4.69, 9.17) is 15.2 Å². The molecule has 2 rings (SSSR count). The molecule has 2 unspecified atom stereocenters. The number of ether oxygens (including phenoxy) is 2. The number of sulfonamides is 1. The molecule has 7 heteroatoms. The van der Waals surface area contributed by atoms with E-state index in [-0.39, 0.29) is 16.9 Å². The van der Waals surface area contributed by atoms with Gasteiger partial charge in [-0.3, -0.25) is 0 Å². The van der Waals surface area contributed by atoms with Crippen LogP contribution < -0.4 is 15.2 Å². The summed E-state index contributed by atoms with van der Waals surface area (Å²) >= 11 is 0. The fraction of sp³-hybridized carbons (Fsp3) is 0.571. The van der Waals surface area contributed by atoms with Gasteiger partial charge in [0.25, 0.3) is 0 Å². The SMILES string of the molecule is COc1ccc(OC)c(S(=O)(=O)N2CCC(C(C)N)C2)c1. The molecule has 2 N–H and O–H groups in total. The lowest BCUT2D eigenvalue weighted by atomic mass is 10.0. The zero-order valence-electron chi connectivity index (χ0n) is 12.6. The van der Waals surface area contributed by atoms with Gasteiger partial charge in [0.1, 0.15) is 16.4 Å². The van der Waals surface area contributed by atoms with Crippen LogP contribution in [-0.4, -0.2) is 46.1 Å². The molecule has 1 aromatic rings. The van der Waals surface area contributed by atoms with Crippen LogP contribution >= 0.6 is 0 Å². The van der Waals surface area contributed by atoms with E-state index in [1.165, 1.54) is 24.6 Å². The highest BCUT2D eigenvalue weighted by Crippen LogP contribution is 2.33. The number of nitrogens with two attached hydrogens (primary N) is 1. The largest absolute Gasteiger partial charge is 0.497 e. The van der Waals surface area contributed by atoms with Gasteiger partial charge in [0.2, 0.25) is 10.0 Å². The standard InChI is InChI=1S/C14H22N2O4S/c1-10(15)11-6-7-16(9-11)21(17,18)14-8-12(19-2)4-5-13(14)20-3/h4-5,8,10-11H,6-7,9,15H2,1-3H3. The van der Waals surface area contributed by atoms with E-state index in [0.717, 1.165) is 6.42 Å². The summed E-state index contributed by atoms with van der Waals surface area (Å²) in [5, 5.41) is 0. The van der Waals surface area contributed by atoms with Crippen molar-refractivity contribution >= 4 is 10.0 Å². The molecule has 0 spiro atoms. The van der Waals surface area contributed by atoms with Crippen LogP contribution in [0.5, 0.6) is 11.5 Å².